The number of hydrogen-bond donors (Lipinski definition) is 0. The molecular weight excluding hydrogens is 416 g/mol. The second-order valence-electron chi connectivity index (χ2n) is 11.8. The second-order valence-corrected chi connectivity index (χ2v) is 16.8. The van der Waals surface area contributed by atoms with E-state index >= 15 is 0 Å². The first-order valence-electron chi connectivity index (χ1n) is 13.0. The molecule has 2 fully saturated rings. The van der Waals surface area contributed by atoms with Gasteiger partial charge < -0.3 is 9.13 Å². The van der Waals surface area contributed by atoms with Crippen molar-refractivity contribution in [3.63, 3.8) is 0 Å². The van der Waals surface area contributed by atoms with Crippen molar-refractivity contribution in [3.8, 4) is 0 Å². The predicted octanol–water partition coefficient (Wildman–Crippen LogP) is 7.80. The summed E-state index contributed by atoms with van der Waals surface area (Å²) in [5.74, 6) is 4.31. The number of allylic oxidation sites excluding steroid dienone is 8. The van der Waals surface area contributed by atoms with E-state index in [1.54, 1.807) is 0 Å². The van der Waals surface area contributed by atoms with Gasteiger partial charge in [0.15, 0.2) is 0 Å². The van der Waals surface area contributed by atoms with E-state index in [4.69, 9.17) is 0 Å². The van der Waals surface area contributed by atoms with Crippen molar-refractivity contribution in [2.75, 3.05) is 0 Å². The topological polar surface area (TPSA) is 9.86 Å². The third kappa shape index (κ3) is 3.26. The lowest BCUT2D eigenvalue weighted by molar-refractivity contribution is 0.491. The monoisotopic (exact) mass is 454 g/mol. The molecule has 4 aliphatic carbocycles. The zero-order chi connectivity index (χ0) is 22.7. The Labute approximate surface area is 200 Å². The van der Waals surface area contributed by atoms with Crippen LogP contribution in [-0.4, -0.2) is 17.2 Å². The molecule has 0 amide bonds. The van der Waals surface area contributed by atoms with Crippen LogP contribution in [0.1, 0.15) is 26.7 Å². The Kier molecular flexibility index (Phi) is 5.10. The van der Waals surface area contributed by atoms with Gasteiger partial charge in [-0.25, -0.2) is 0 Å². The normalized spacial score (nSPS) is 37.6. The molecule has 0 bridgehead atoms. The van der Waals surface area contributed by atoms with Gasteiger partial charge in [-0.05, 0) is 84.0 Å². The fraction of sp³-hybridized carbons (Fsp3) is 0.467. The molecule has 6 rings (SSSR count). The van der Waals surface area contributed by atoms with Crippen LogP contribution in [0.4, 0.5) is 0 Å². The van der Waals surface area contributed by atoms with E-state index < -0.39 is 8.07 Å². The lowest BCUT2D eigenvalue weighted by atomic mass is 9.88. The molecule has 4 aliphatic rings. The van der Waals surface area contributed by atoms with Gasteiger partial charge in [-0.1, -0.05) is 51.2 Å². The van der Waals surface area contributed by atoms with Gasteiger partial charge >= 0.3 is 0 Å². The Morgan fingerprint density at radius 1 is 0.667 bits per heavy atom. The van der Waals surface area contributed by atoms with Gasteiger partial charge in [-0.3, -0.25) is 0 Å². The zero-order valence-corrected chi connectivity index (χ0v) is 21.5. The summed E-state index contributed by atoms with van der Waals surface area (Å²) < 4.78 is 4.74. The van der Waals surface area contributed by atoms with Crippen molar-refractivity contribution in [2.24, 2.45) is 35.5 Å². The minimum atomic E-state index is -1.58. The Morgan fingerprint density at radius 3 is 1.45 bits per heavy atom. The molecule has 8 atom stereocenters. The Balaban J connectivity index is 1.32. The van der Waals surface area contributed by atoms with E-state index in [9.17, 15) is 0 Å². The Morgan fingerprint density at radius 2 is 1.06 bits per heavy atom. The first-order valence-corrected chi connectivity index (χ1v) is 16.2. The van der Waals surface area contributed by atoms with E-state index in [0.29, 0.717) is 23.7 Å². The summed E-state index contributed by atoms with van der Waals surface area (Å²) >= 11 is 0. The number of aromatic nitrogens is 2. The minimum absolute atomic E-state index is 0.666. The lowest BCUT2D eigenvalue weighted by Crippen LogP contribution is -2.45. The van der Waals surface area contributed by atoms with Gasteiger partial charge in [0.25, 0.3) is 0 Å². The smallest absolute Gasteiger partial charge is 0.0553 e. The Hall–Kier alpha value is -2.26. The van der Waals surface area contributed by atoms with E-state index in [1.807, 2.05) is 0 Å². The summed E-state index contributed by atoms with van der Waals surface area (Å²) in [6, 6.07) is 8.64. The quantitative estimate of drug-likeness (QED) is 0.417. The molecule has 2 heterocycles. The SMILES string of the molecule is CC1CC2C(n3cccc3)=CC=CC2C1[Si](C)(C)C1C(C)CC2C(n3cccc3)=CC=CC21. The van der Waals surface area contributed by atoms with E-state index in [-0.39, 0.29) is 0 Å². The third-order valence-corrected chi connectivity index (χ3v) is 15.1. The fourth-order valence-electron chi connectivity index (χ4n) is 8.87. The van der Waals surface area contributed by atoms with Crippen molar-refractivity contribution >= 4 is 19.5 Å². The largest absolute Gasteiger partial charge is 0.327 e. The van der Waals surface area contributed by atoms with Gasteiger partial charge in [-0.15, -0.1) is 0 Å². The van der Waals surface area contributed by atoms with Gasteiger partial charge in [0.2, 0.25) is 0 Å². The highest BCUT2D eigenvalue weighted by Crippen LogP contribution is 2.64. The number of fused-ring (bicyclic) bond motifs is 2. The molecule has 0 aliphatic heterocycles. The maximum atomic E-state index is 2.75. The minimum Gasteiger partial charge on any atom is -0.327 e. The number of rotatable bonds is 4. The molecule has 0 aromatic carbocycles. The lowest BCUT2D eigenvalue weighted by Gasteiger charge is -2.46. The third-order valence-electron chi connectivity index (χ3n) is 9.72. The van der Waals surface area contributed by atoms with Crippen LogP contribution < -0.4 is 0 Å². The molecule has 33 heavy (non-hydrogen) atoms. The molecule has 0 spiro atoms. The van der Waals surface area contributed by atoms with Crippen LogP contribution in [0.15, 0.2) is 85.5 Å². The van der Waals surface area contributed by atoms with Crippen LogP contribution in [0.3, 0.4) is 0 Å². The van der Waals surface area contributed by atoms with E-state index in [0.717, 1.165) is 22.9 Å². The van der Waals surface area contributed by atoms with E-state index in [1.165, 1.54) is 24.2 Å². The summed E-state index contributed by atoms with van der Waals surface area (Å²) in [5.41, 5.74) is 4.72. The predicted molar refractivity (Wildman–Crippen MR) is 142 cm³/mol. The van der Waals surface area contributed by atoms with Crippen molar-refractivity contribution in [3.05, 3.63) is 85.5 Å². The van der Waals surface area contributed by atoms with Crippen LogP contribution in [-0.2, 0) is 0 Å². The molecule has 172 valence electrons. The average Bonchev–Trinajstić information content (AvgIpc) is 3.56. The highest BCUT2D eigenvalue weighted by molar-refractivity contribution is 6.80. The molecule has 0 N–H and O–H groups in total. The van der Waals surface area contributed by atoms with Gasteiger partial charge in [0.05, 0.1) is 8.07 Å². The molecule has 0 radical (unpaired) electrons. The summed E-state index contributed by atoms with van der Waals surface area (Å²) in [5, 5.41) is 0. The molecule has 2 saturated carbocycles. The molecule has 2 nitrogen and oxygen atoms in total. The summed E-state index contributed by atoms with van der Waals surface area (Å²) in [4.78, 5) is 0. The maximum Gasteiger partial charge on any atom is 0.0553 e. The standard InChI is InChI=1S/C30H38N2Si/c1-21-19-25-23(11-9-13-27(25)31-15-5-6-16-31)29(21)33(3,4)30-22(2)20-26-24(30)12-10-14-28(26)32-17-7-8-18-32/h5-18,21-26,29-30H,19-20H2,1-4H3. The highest BCUT2D eigenvalue weighted by Gasteiger charge is 2.57. The van der Waals surface area contributed by atoms with E-state index in [2.05, 4.69) is 122 Å². The summed E-state index contributed by atoms with van der Waals surface area (Å²) in [7, 11) is -1.58. The molecule has 0 saturated heterocycles. The highest BCUT2D eigenvalue weighted by atomic mass is 28.3. The molecular formula is C30H38N2Si. The fourth-order valence-corrected chi connectivity index (χ4v) is 15.2. The van der Waals surface area contributed by atoms with Crippen molar-refractivity contribution in [2.45, 2.75) is 50.9 Å². The molecule has 3 heteroatoms. The Bertz CT molecular complexity index is 1030. The van der Waals surface area contributed by atoms with Gasteiger partial charge in [0, 0.05) is 48.0 Å². The maximum absolute atomic E-state index is 2.75. The van der Waals surface area contributed by atoms with Crippen LogP contribution in [0.5, 0.6) is 0 Å². The second kappa shape index (κ2) is 7.90. The van der Waals surface area contributed by atoms with Crippen molar-refractivity contribution in [1.29, 1.82) is 0 Å². The number of nitrogens with zero attached hydrogens (tertiary/aromatic N) is 2. The summed E-state index contributed by atoms with van der Waals surface area (Å²) in [6.07, 6.45) is 26.2. The summed E-state index contributed by atoms with van der Waals surface area (Å²) in [6.45, 7) is 10.6. The average molecular weight is 455 g/mol. The molecule has 2 aromatic heterocycles. The van der Waals surface area contributed by atoms with Crippen molar-refractivity contribution in [1.82, 2.24) is 9.13 Å². The zero-order valence-electron chi connectivity index (χ0n) is 20.5. The van der Waals surface area contributed by atoms with Crippen LogP contribution in [0.25, 0.3) is 11.4 Å². The van der Waals surface area contributed by atoms with Gasteiger partial charge in [0.1, 0.15) is 0 Å². The first kappa shape index (κ1) is 21.3. The number of hydrogen-bond acceptors (Lipinski definition) is 0. The van der Waals surface area contributed by atoms with Crippen LogP contribution in [0, 0.1) is 35.5 Å². The molecule has 2 aromatic rings. The van der Waals surface area contributed by atoms with Gasteiger partial charge in [-0.2, -0.15) is 0 Å². The van der Waals surface area contributed by atoms with Crippen LogP contribution in [0.2, 0.25) is 24.2 Å². The molecule has 8 unspecified atom stereocenters. The van der Waals surface area contributed by atoms with Crippen molar-refractivity contribution < 1.29 is 0 Å². The van der Waals surface area contributed by atoms with Crippen LogP contribution >= 0.6 is 0 Å². The first-order chi connectivity index (χ1) is 16.0.